The Bertz CT molecular complexity index is 957. The molecule has 1 aliphatic rings. The quantitative estimate of drug-likeness (QED) is 0.742. The predicted octanol–water partition coefficient (Wildman–Crippen LogP) is 4.01. The molecule has 2 aromatic carbocycles. The number of benzene rings is 2. The molecule has 1 aromatic heterocycles. The second kappa shape index (κ2) is 7.72. The van der Waals surface area contributed by atoms with Gasteiger partial charge in [0.05, 0.1) is 18.7 Å². The summed E-state index contributed by atoms with van der Waals surface area (Å²) in [6.07, 6.45) is 0. The Hall–Kier alpha value is -3.35. The number of rotatable bonds is 4. The van der Waals surface area contributed by atoms with Crippen LogP contribution in [0, 0.1) is 5.92 Å². The van der Waals surface area contributed by atoms with Gasteiger partial charge in [0, 0.05) is 18.7 Å². The molecule has 0 bridgehead atoms. The van der Waals surface area contributed by atoms with E-state index < -0.39 is 0 Å². The number of nitrogens with zero attached hydrogens (tertiary/aromatic N) is 3. The molecule has 0 unspecified atom stereocenters. The first kappa shape index (κ1) is 18.0. The van der Waals surface area contributed by atoms with Crippen LogP contribution in [0.1, 0.15) is 18.7 Å². The van der Waals surface area contributed by atoms with Gasteiger partial charge in [-0.3, -0.25) is 0 Å². The van der Waals surface area contributed by atoms with E-state index in [2.05, 4.69) is 22.4 Å². The normalized spacial score (nSPS) is 18.9. The van der Waals surface area contributed by atoms with Crippen LogP contribution in [0.2, 0.25) is 0 Å². The molecule has 1 aliphatic heterocycles. The van der Waals surface area contributed by atoms with Crippen molar-refractivity contribution >= 4 is 11.7 Å². The Labute approximate surface area is 163 Å². The lowest BCUT2D eigenvalue weighted by Gasteiger charge is -2.18. The zero-order valence-electron chi connectivity index (χ0n) is 15.8. The van der Waals surface area contributed by atoms with Gasteiger partial charge in [-0.1, -0.05) is 54.5 Å². The maximum absolute atomic E-state index is 12.7. The molecule has 1 saturated heterocycles. The predicted molar refractivity (Wildman–Crippen MR) is 105 cm³/mol. The van der Waals surface area contributed by atoms with Crippen LogP contribution in [0.3, 0.4) is 0 Å². The van der Waals surface area contributed by atoms with Crippen molar-refractivity contribution in [2.45, 2.75) is 12.8 Å². The second-order valence-electron chi connectivity index (χ2n) is 6.94. The fraction of sp³-hybridized carbons (Fsp3) is 0.286. The lowest BCUT2D eigenvalue weighted by Crippen LogP contribution is -2.33. The summed E-state index contributed by atoms with van der Waals surface area (Å²) >= 11 is 0. The van der Waals surface area contributed by atoms with E-state index in [9.17, 15) is 4.79 Å². The van der Waals surface area contributed by atoms with Crippen molar-refractivity contribution in [2.24, 2.45) is 5.92 Å². The maximum Gasteiger partial charge on any atom is 0.321 e. The van der Waals surface area contributed by atoms with Crippen molar-refractivity contribution in [1.29, 1.82) is 0 Å². The van der Waals surface area contributed by atoms with Gasteiger partial charge in [0.1, 0.15) is 5.75 Å². The number of hydrogen-bond donors (Lipinski definition) is 1. The summed E-state index contributed by atoms with van der Waals surface area (Å²) in [5.74, 6) is 1.99. The molecule has 1 fully saturated rings. The number of methoxy groups -OCH3 is 1. The van der Waals surface area contributed by atoms with Gasteiger partial charge in [0.15, 0.2) is 0 Å². The molecule has 1 N–H and O–H groups in total. The minimum atomic E-state index is -0.165. The van der Waals surface area contributed by atoms with E-state index in [1.54, 1.807) is 12.0 Å². The van der Waals surface area contributed by atoms with Gasteiger partial charge in [-0.2, -0.15) is 4.98 Å². The summed E-state index contributed by atoms with van der Waals surface area (Å²) in [4.78, 5) is 19.1. The molecule has 0 radical (unpaired) electrons. The Balaban J connectivity index is 1.46. The number of carbonyl (C=O) groups is 1. The number of carbonyl (C=O) groups excluding carboxylic acids is 1. The van der Waals surface area contributed by atoms with E-state index in [1.807, 2.05) is 54.6 Å². The van der Waals surface area contributed by atoms with Gasteiger partial charge in [0.2, 0.25) is 11.7 Å². The van der Waals surface area contributed by atoms with Crippen LogP contribution in [-0.2, 0) is 0 Å². The molecular weight excluding hydrogens is 356 g/mol. The van der Waals surface area contributed by atoms with Crippen LogP contribution in [0.15, 0.2) is 59.1 Å². The van der Waals surface area contributed by atoms with E-state index in [0.717, 1.165) is 5.56 Å². The SMILES string of the molecule is COc1ccccc1NC(=O)N1C[C@H](c2nc(-c3ccccc3)no2)[C@@H](C)C1. The molecule has 2 heterocycles. The van der Waals surface area contributed by atoms with Crippen molar-refractivity contribution in [3.05, 3.63) is 60.5 Å². The molecule has 144 valence electrons. The topological polar surface area (TPSA) is 80.5 Å². The van der Waals surface area contributed by atoms with E-state index in [-0.39, 0.29) is 17.9 Å². The molecule has 2 amide bonds. The third-order valence-corrected chi connectivity index (χ3v) is 5.04. The standard InChI is InChI=1S/C21H22N4O3/c1-14-12-25(21(26)22-17-10-6-7-11-18(17)27-2)13-16(14)20-23-19(24-28-20)15-8-4-3-5-9-15/h3-11,14,16H,12-13H2,1-2H3,(H,22,26)/t14-,16-/m0/s1. The Morgan fingerprint density at radius 2 is 1.89 bits per heavy atom. The molecule has 4 rings (SSSR count). The number of likely N-dealkylation sites (tertiary alicyclic amines) is 1. The van der Waals surface area contributed by atoms with Crippen LogP contribution in [0.5, 0.6) is 5.75 Å². The second-order valence-corrected chi connectivity index (χ2v) is 6.94. The number of ether oxygens (including phenoxy) is 1. The van der Waals surface area contributed by atoms with E-state index in [1.165, 1.54) is 0 Å². The third-order valence-electron chi connectivity index (χ3n) is 5.04. The number of aromatic nitrogens is 2. The van der Waals surface area contributed by atoms with Gasteiger partial charge >= 0.3 is 6.03 Å². The molecule has 0 aliphatic carbocycles. The van der Waals surface area contributed by atoms with E-state index >= 15 is 0 Å². The molecular formula is C21H22N4O3. The first-order valence-electron chi connectivity index (χ1n) is 9.23. The van der Waals surface area contributed by atoms with Gasteiger partial charge in [-0.05, 0) is 18.1 Å². The van der Waals surface area contributed by atoms with Crippen molar-refractivity contribution in [3.8, 4) is 17.1 Å². The minimum absolute atomic E-state index is 0.00776. The number of anilines is 1. The first-order chi connectivity index (χ1) is 13.7. The fourth-order valence-electron chi connectivity index (χ4n) is 3.49. The molecule has 7 heteroatoms. The molecule has 0 spiro atoms. The number of hydrogen-bond acceptors (Lipinski definition) is 5. The highest BCUT2D eigenvalue weighted by Gasteiger charge is 2.37. The summed E-state index contributed by atoms with van der Waals surface area (Å²) in [6.45, 7) is 3.24. The average molecular weight is 378 g/mol. The number of urea groups is 1. The first-order valence-corrected chi connectivity index (χ1v) is 9.23. The lowest BCUT2D eigenvalue weighted by molar-refractivity contribution is 0.220. The summed E-state index contributed by atoms with van der Waals surface area (Å²) in [6, 6.07) is 16.9. The summed E-state index contributed by atoms with van der Waals surface area (Å²) in [7, 11) is 1.58. The Kier molecular flexibility index (Phi) is 4.97. The molecule has 3 aromatic rings. The Morgan fingerprint density at radius 3 is 2.68 bits per heavy atom. The van der Waals surface area contributed by atoms with E-state index in [4.69, 9.17) is 9.26 Å². The zero-order chi connectivity index (χ0) is 19.5. The van der Waals surface area contributed by atoms with Gasteiger partial charge in [0.25, 0.3) is 0 Å². The van der Waals surface area contributed by atoms with E-state index in [0.29, 0.717) is 36.2 Å². The van der Waals surface area contributed by atoms with Crippen LogP contribution in [-0.4, -0.2) is 41.3 Å². The van der Waals surface area contributed by atoms with Gasteiger partial charge < -0.3 is 19.5 Å². The van der Waals surface area contributed by atoms with Crippen molar-refractivity contribution < 1.29 is 14.1 Å². The summed E-state index contributed by atoms with van der Waals surface area (Å²) in [5, 5.41) is 7.03. The summed E-state index contributed by atoms with van der Waals surface area (Å²) < 4.78 is 10.8. The number of nitrogens with one attached hydrogen (secondary N) is 1. The molecule has 7 nitrogen and oxygen atoms in total. The third kappa shape index (κ3) is 3.55. The average Bonchev–Trinajstić information content (AvgIpc) is 3.36. The molecule has 28 heavy (non-hydrogen) atoms. The van der Waals surface area contributed by atoms with Gasteiger partial charge in [-0.25, -0.2) is 4.79 Å². The smallest absolute Gasteiger partial charge is 0.321 e. The van der Waals surface area contributed by atoms with Crippen LogP contribution < -0.4 is 10.1 Å². The molecule has 0 saturated carbocycles. The highest BCUT2D eigenvalue weighted by Crippen LogP contribution is 2.33. The van der Waals surface area contributed by atoms with Crippen molar-refractivity contribution in [2.75, 3.05) is 25.5 Å². The van der Waals surface area contributed by atoms with Gasteiger partial charge in [-0.15, -0.1) is 0 Å². The highest BCUT2D eigenvalue weighted by atomic mass is 16.5. The highest BCUT2D eigenvalue weighted by molar-refractivity contribution is 5.91. The zero-order valence-corrected chi connectivity index (χ0v) is 15.8. The van der Waals surface area contributed by atoms with Crippen molar-refractivity contribution in [3.63, 3.8) is 0 Å². The number of para-hydroxylation sites is 2. The fourth-order valence-corrected chi connectivity index (χ4v) is 3.49. The maximum atomic E-state index is 12.7. The molecule has 2 atom stereocenters. The summed E-state index contributed by atoms with van der Waals surface area (Å²) in [5.41, 5.74) is 1.56. The monoisotopic (exact) mass is 378 g/mol. The minimum Gasteiger partial charge on any atom is -0.495 e. The largest absolute Gasteiger partial charge is 0.495 e. The lowest BCUT2D eigenvalue weighted by atomic mass is 9.98. The van der Waals surface area contributed by atoms with Crippen LogP contribution in [0.4, 0.5) is 10.5 Å². The van der Waals surface area contributed by atoms with Crippen LogP contribution >= 0.6 is 0 Å². The Morgan fingerprint density at radius 1 is 1.14 bits per heavy atom. The van der Waals surface area contributed by atoms with Crippen LogP contribution in [0.25, 0.3) is 11.4 Å². The number of amides is 2. The van der Waals surface area contributed by atoms with Crippen molar-refractivity contribution in [1.82, 2.24) is 15.0 Å².